The predicted octanol–water partition coefficient (Wildman–Crippen LogP) is 4.09. The van der Waals surface area contributed by atoms with Crippen LogP contribution < -0.4 is 15.5 Å². The van der Waals surface area contributed by atoms with Gasteiger partial charge in [0.15, 0.2) is 0 Å². The third kappa shape index (κ3) is 5.60. The first-order valence-corrected chi connectivity index (χ1v) is 9.89. The van der Waals surface area contributed by atoms with Crippen LogP contribution in [0.1, 0.15) is 32.3 Å². The highest BCUT2D eigenvalue weighted by molar-refractivity contribution is 6.30. The normalized spacial score (nSPS) is 15.0. The van der Waals surface area contributed by atoms with Crippen molar-refractivity contribution in [1.29, 1.82) is 0 Å². The molecule has 144 valence electrons. The van der Waals surface area contributed by atoms with Crippen LogP contribution in [0.2, 0.25) is 5.02 Å². The summed E-state index contributed by atoms with van der Waals surface area (Å²) in [5, 5.41) is 7.12. The maximum absolute atomic E-state index is 12.5. The Balaban J connectivity index is 1.48. The van der Waals surface area contributed by atoms with E-state index in [1.165, 1.54) is 0 Å². The third-order valence-electron chi connectivity index (χ3n) is 4.75. The van der Waals surface area contributed by atoms with Crippen molar-refractivity contribution in [2.24, 2.45) is 5.92 Å². The summed E-state index contributed by atoms with van der Waals surface area (Å²) in [5.41, 5.74) is 2.19. The van der Waals surface area contributed by atoms with Crippen molar-refractivity contribution in [3.05, 3.63) is 53.2 Å². The van der Waals surface area contributed by atoms with E-state index in [2.05, 4.69) is 40.4 Å². The molecule has 5 nitrogen and oxygen atoms in total. The summed E-state index contributed by atoms with van der Waals surface area (Å²) in [6, 6.07) is 12.4. The number of pyridine rings is 1. The minimum absolute atomic E-state index is 0.0607. The third-order valence-corrected chi connectivity index (χ3v) is 4.97. The number of rotatable bonds is 6. The predicted molar refractivity (Wildman–Crippen MR) is 111 cm³/mol. The van der Waals surface area contributed by atoms with E-state index in [0.29, 0.717) is 17.6 Å². The van der Waals surface area contributed by atoms with Gasteiger partial charge in [0.1, 0.15) is 5.82 Å². The van der Waals surface area contributed by atoms with E-state index in [0.717, 1.165) is 43.0 Å². The molecule has 1 fully saturated rings. The van der Waals surface area contributed by atoms with Gasteiger partial charge in [-0.3, -0.25) is 4.79 Å². The topological polar surface area (TPSA) is 57.3 Å². The first-order valence-electron chi connectivity index (χ1n) is 9.51. The second-order valence-electron chi connectivity index (χ2n) is 7.31. The number of hydrogen-bond donors (Lipinski definition) is 2. The van der Waals surface area contributed by atoms with Gasteiger partial charge in [0.25, 0.3) is 0 Å². The van der Waals surface area contributed by atoms with Gasteiger partial charge >= 0.3 is 0 Å². The van der Waals surface area contributed by atoms with Crippen molar-refractivity contribution in [2.45, 2.75) is 39.3 Å². The van der Waals surface area contributed by atoms with Crippen LogP contribution in [0, 0.1) is 5.92 Å². The lowest BCUT2D eigenvalue weighted by molar-refractivity contribution is -0.125. The van der Waals surface area contributed by atoms with E-state index < -0.39 is 0 Å². The standard InChI is InChI=1S/C21H27ClN4O/c1-15(2)25-19-5-3-4-16(12-19)13-24-21(27)17-8-10-26(11-9-17)20-7-6-18(22)14-23-20/h3-7,12,14-15,17,25H,8-11,13H2,1-2H3,(H,24,27). The number of nitrogens with one attached hydrogen (secondary N) is 2. The quantitative estimate of drug-likeness (QED) is 0.785. The molecule has 1 aliphatic heterocycles. The maximum Gasteiger partial charge on any atom is 0.223 e. The monoisotopic (exact) mass is 386 g/mol. The largest absolute Gasteiger partial charge is 0.383 e. The van der Waals surface area contributed by atoms with Gasteiger partial charge in [-0.2, -0.15) is 0 Å². The molecule has 2 N–H and O–H groups in total. The molecule has 27 heavy (non-hydrogen) atoms. The SMILES string of the molecule is CC(C)Nc1cccc(CNC(=O)C2CCN(c3ccc(Cl)cn3)CC2)c1. The molecule has 0 saturated carbocycles. The highest BCUT2D eigenvalue weighted by atomic mass is 35.5. The Hall–Kier alpha value is -2.27. The number of halogens is 1. The molecule has 2 aromatic rings. The molecule has 0 aliphatic carbocycles. The van der Waals surface area contributed by atoms with Crippen LogP contribution in [-0.4, -0.2) is 30.0 Å². The summed E-state index contributed by atoms with van der Waals surface area (Å²) in [4.78, 5) is 19.1. The average molecular weight is 387 g/mol. The lowest BCUT2D eigenvalue weighted by atomic mass is 9.96. The Morgan fingerprint density at radius 2 is 2.04 bits per heavy atom. The molecule has 1 aromatic heterocycles. The van der Waals surface area contributed by atoms with Crippen LogP contribution in [0.15, 0.2) is 42.6 Å². The van der Waals surface area contributed by atoms with Crippen LogP contribution in [0.4, 0.5) is 11.5 Å². The molecule has 0 bridgehead atoms. The molecule has 1 amide bonds. The Labute approximate surface area is 166 Å². The second kappa shape index (κ2) is 9.09. The van der Waals surface area contributed by atoms with Crippen LogP contribution in [0.25, 0.3) is 0 Å². The van der Waals surface area contributed by atoms with Gasteiger partial charge in [0, 0.05) is 43.5 Å². The van der Waals surface area contributed by atoms with Gasteiger partial charge < -0.3 is 15.5 Å². The molecular weight excluding hydrogens is 360 g/mol. The van der Waals surface area contributed by atoms with E-state index >= 15 is 0 Å². The summed E-state index contributed by atoms with van der Waals surface area (Å²) in [6.07, 6.45) is 3.34. The molecule has 0 spiro atoms. The van der Waals surface area contributed by atoms with Crippen LogP contribution >= 0.6 is 11.6 Å². The number of aromatic nitrogens is 1. The molecule has 1 aliphatic rings. The highest BCUT2D eigenvalue weighted by Crippen LogP contribution is 2.23. The molecule has 1 aromatic carbocycles. The van der Waals surface area contributed by atoms with Crippen molar-refractivity contribution < 1.29 is 4.79 Å². The van der Waals surface area contributed by atoms with E-state index in [4.69, 9.17) is 11.6 Å². The lowest BCUT2D eigenvalue weighted by Crippen LogP contribution is -2.40. The zero-order valence-corrected chi connectivity index (χ0v) is 16.7. The Morgan fingerprint density at radius 1 is 1.26 bits per heavy atom. The van der Waals surface area contributed by atoms with E-state index in [-0.39, 0.29) is 11.8 Å². The zero-order valence-electron chi connectivity index (χ0n) is 15.9. The summed E-state index contributed by atoms with van der Waals surface area (Å²) >= 11 is 5.90. The van der Waals surface area contributed by atoms with Crippen LogP contribution in [0.3, 0.4) is 0 Å². The lowest BCUT2D eigenvalue weighted by Gasteiger charge is -2.32. The Kier molecular flexibility index (Phi) is 6.56. The number of carbonyl (C=O) groups excluding carboxylic acids is 1. The number of amides is 1. The summed E-state index contributed by atoms with van der Waals surface area (Å²) in [7, 11) is 0. The molecular formula is C21H27ClN4O. The first-order chi connectivity index (χ1) is 13.0. The number of piperidine rings is 1. The van der Waals surface area contributed by atoms with Gasteiger partial charge in [-0.1, -0.05) is 23.7 Å². The molecule has 0 atom stereocenters. The zero-order chi connectivity index (χ0) is 19.2. The number of carbonyl (C=O) groups is 1. The summed E-state index contributed by atoms with van der Waals surface area (Å²) in [5.74, 6) is 1.12. The molecule has 0 radical (unpaired) electrons. The number of hydrogen-bond acceptors (Lipinski definition) is 4. The van der Waals surface area contributed by atoms with Gasteiger partial charge in [-0.05, 0) is 56.5 Å². The molecule has 2 heterocycles. The van der Waals surface area contributed by atoms with Gasteiger partial charge in [-0.15, -0.1) is 0 Å². The van der Waals surface area contributed by atoms with Crippen LogP contribution in [-0.2, 0) is 11.3 Å². The van der Waals surface area contributed by atoms with Gasteiger partial charge in [0.05, 0.1) is 5.02 Å². The first kappa shape index (κ1) is 19.5. The van der Waals surface area contributed by atoms with Crippen molar-refractivity contribution in [2.75, 3.05) is 23.3 Å². The number of benzene rings is 1. The molecule has 1 saturated heterocycles. The maximum atomic E-state index is 12.5. The number of nitrogens with zero attached hydrogens (tertiary/aromatic N) is 2. The van der Waals surface area contributed by atoms with E-state index in [9.17, 15) is 4.79 Å². The van der Waals surface area contributed by atoms with Crippen molar-refractivity contribution in [3.63, 3.8) is 0 Å². The Bertz CT molecular complexity index is 755. The highest BCUT2D eigenvalue weighted by Gasteiger charge is 2.25. The summed E-state index contributed by atoms with van der Waals surface area (Å²) < 4.78 is 0. The fourth-order valence-electron chi connectivity index (χ4n) is 3.36. The minimum atomic E-state index is 0.0607. The van der Waals surface area contributed by atoms with E-state index in [1.54, 1.807) is 6.20 Å². The Morgan fingerprint density at radius 3 is 2.70 bits per heavy atom. The van der Waals surface area contributed by atoms with Crippen molar-refractivity contribution >= 4 is 29.0 Å². The second-order valence-corrected chi connectivity index (χ2v) is 7.75. The van der Waals surface area contributed by atoms with Crippen LogP contribution in [0.5, 0.6) is 0 Å². The smallest absolute Gasteiger partial charge is 0.223 e. The van der Waals surface area contributed by atoms with Gasteiger partial charge in [-0.25, -0.2) is 4.98 Å². The molecule has 0 unspecified atom stereocenters. The average Bonchev–Trinajstić information content (AvgIpc) is 2.67. The fourth-order valence-corrected chi connectivity index (χ4v) is 3.48. The van der Waals surface area contributed by atoms with Crippen molar-refractivity contribution in [3.8, 4) is 0 Å². The van der Waals surface area contributed by atoms with Gasteiger partial charge in [0.2, 0.25) is 5.91 Å². The molecule has 6 heteroatoms. The van der Waals surface area contributed by atoms with E-state index in [1.807, 2.05) is 30.3 Å². The van der Waals surface area contributed by atoms with Crippen molar-refractivity contribution in [1.82, 2.24) is 10.3 Å². The minimum Gasteiger partial charge on any atom is -0.383 e. The number of anilines is 2. The molecule has 3 rings (SSSR count). The summed E-state index contributed by atoms with van der Waals surface area (Å²) in [6.45, 7) is 6.45. The fraction of sp³-hybridized carbons (Fsp3) is 0.429.